The lowest BCUT2D eigenvalue weighted by molar-refractivity contribution is 0.663. The molecule has 0 fully saturated rings. The van der Waals surface area contributed by atoms with E-state index in [4.69, 9.17) is 18.8 Å². The Labute approximate surface area is 287 Å². The maximum atomic E-state index is 6.68. The van der Waals surface area contributed by atoms with Crippen molar-refractivity contribution >= 4 is 43.9 Å². The molecule has 0 amide bonds. The molecule has 4 heteroatoms. The van der Waals surface area contributed by atoms with Crippen molar-refractivity contribution in [1.29, 1.82) is 0 Å². The number of rotatable bonds is 5. The Hall–Kier alpha value is -6.78. The standard InChI is InChI=1S/C46H28N2O2/c1-3-12-29(13-4-1)31-22-24-32(25-23-31)38-28-39(34-17-11-16-33(26-34)30-14-5-2-6-15-30)48-46(47-38)37-27-42-43(35-18-7-9-20-40(35)49-42)44-36-19-8-10-21-41(36)50-45(37)44/h1-28H. The number of fused-ring (bicyclic) bond motifs is 7. The summed E-state index contributed by atoms with van der Waals surface area (Å²) in [5.74, 6) is 0.571. The lowest BCUT2D eigenvalue weighted by Gasteiger charge is -2.12. The topological polar surface area (TPSA) is 52.1 Å². The summed E-state index contributed by atoms with van der Waals surface area (Å²) in [5.41, 5.74) is 12.2. The van der Waals surface area contributed by atoms with E-state index in [1.54, 1.807) is 0 Å². The molecule has 0 N–H and O–H groups in total. The molecule has 3 aromatic heterocycles. The van der Waals surface area contributed by atoms with Crippen LogP contribution in [0.5, 0.6) is 0 Å². The second-order valence-electron chi connectivity index (χ2n) is 12.6. The fourth-order valence-corrected chi connectivity index (χ4v) is 7.09. The van der Waals surface area contributed by atoms with Gasteiger partial charge in [0, 0.05) is 32.7 Å². The smallest absolute Gasteiger partial charge is 0.164 e. The number of hydrogen-bond donors (Lipinski definition) is 0. The molecule has 234 valence electrons. The van der Waals surface area contributed by atoms with Crippen molar-refractivity contribution in [2.75, 3.05) is 0 Å². The Morgan fingerprint density at radius 2 is 0.860 bits per heavy atom. The van der Waals surface area contributed by atoms with Gasteiger partial charge < -0.3 is 8.83 Å². The first kappa shape index (κ1) is 28.3. The van der Waals surface area contributed by atoms with Crippen LogP contribution in [-0.4, -0.2) is 9.97 Å². The summed E-state index contributed by atoms with van der Waals surface area (Å²) < 4.78 is 13.2. The number of para-hydroxylation sites is 2. The monoisotopic (exact) mass is 640 g/mol. The summed E-state index contributed by atoms with van der Waals surface area (Å²) in [4.78, 5) is 10.5. The van der Waals surface area contributed by atoms with Crippen molar-refractivity contribution < 1.29 is 8.83 Å². The molecular weight excluding hydrogens is 613 g/mol. The molecule has 10 aromatic rings. The van der Waals surface area contributed by atoms with Crippen molar-refractivity contribution in [2.45, 2.75) is 0 Å². The highest BCUT2D eigenvalue weighted by molar-refractivity contribution is 6.28. The zero-order valence-electron chi connectivity index (χ0n) is 26.9. The first-order valence-electron chi connectivity index (χ1n) is 16.7. The summed E-state index contributed by atoms with van der Waals surface area (Å²) in [7, 11) is 0. The van der Waals surface area contributed by atoms with Crippen molar-refractivity contribution in [3.8, 4) is 56.2 Å². The van der Waals surface area contributed by atoms with Gasteiger partial charge in [-0.1, -0.05) is 140 Å². The predicted octanol–water partition coefficient (Wildman–Crippen LogP) is 12.6. The number of nitrogens with zero attached hydrogens (tertiary/aromatic N) is 2. The first-order chi connectivity index (χ1) is 24.8. The Balaban J connectivity index is 1.23. The molecule has 0 radical (unpaired) electrons. The fourth-order valence-electron chi connectivity index (χ4n) is 7.09. The quantitative estimate of drug-likeness (QED) is 0.188. The van der Waals surface area contributed by atoms with Crippen LogP contribution >= 0.6 is 0 Å². The van der Waals surface area contributed by atoms with Gasteiger partial charge in [0.05, 0.1) is 17.0 Å². The van der Waals surface area contributed by atoms with Crippen LogP contribution in [0.25, 0.3) is 100 Å². The largest absolute Gasteiger partial charge is 0.456 e. The van der Waals surface area contributed by atoms with Crippen LogP contribution in [0.2, 0.25) is 0 Å². The summed E-state index contributed by atoms with van der Waals surface area (Å²) in [5, 5.41) is 4.13. The van der Waals surface area contributed by atoms with E-state index in [1.807, 2.05) is 54.6 Å². The van der Waals surface area contributed by atoms with Crippen LogP contribution in [0.15, 0.2) is 179 Å². The molecule has 10 rings (SSSR count). The van der Waals surface area contributed by atoms with E-state index in [1.165, 1.54) is 5.56 Å². The number of benzene rings is 7. The van der Waals surface area contributed by atoms with Gasteiger partial charge in [0.1, 0.15) is 22.3 Å². The molecule has 0 saturated heterocycles. The minimum atomic E-state index is 0.571. The highest BCUT2D eigenvalue weighted by Crippen LogP contribution is 2.44. The van der Waals surface area contributed by atoms with Crippen molar-refractivity contribution in [3.63, 3.8) is 0 Å². The lowest BCUT2D eigenvalue weighted by atomic mass is 9.99. The molecule has 0 atom stereocenters. The first-order valence-corrected chi connectivity index (χ1v) is 16.7. The molecular formula is C46H28N2O2. The van der Waals surface area contributed by atoms with E-state index in [2.05, 4.69) is 115 Å². The maximum absolute atomic E-state index is 6.68. The Morgan fingerprint density at radius 1 is 0.340 bits per heavy atom. The van der Waals surface area contributed by atoms with E-state index >= 15 is 0 Å². The number of aromatic nitrogens is 2. The van der Waals surface area contributed by atoms with E-state index in [9.17, 15) is 0 Å². The van der Waals surface area contributed by atoms with Gasteiger partial charge in [-0.15, -0.1) is 0 Å². The van der Waals surface area contributed by atoms with Crippen molar-refractivity contribution in [3.05, 3.63) is 170 Å². The van der Waals surface area contributed by atoms with Gasteiger partial charge in [0.25, 0.3) is 0 Å². The molecule has 0 bridgehead atoms. The lowest BCUT2D eigenvalue weighted by Crippen LogP contribution is -1.97. The molecule has 7 aromatic carbocycles. The second-order valence-corrected chi connectivity index (χ2v) is 12.6. The highest BCUT2D eigenvalue weighted by atomic mass is 16.3. The molecule has 0 spiro atoms. The van der Waals surface area contributed by atoms with E-state index in [0.29, 0.717) is 5.82 Å². The minimum Gasteiger partial charge on any atom is -0.456 e. The van der Waals surface area contributed by atoms with Gasteiger partial charge in [-0.25, -0.2) is 9.97 Å². The third kappa shape index (κ3) is 4.69. The minimum absolute atomic E-state index is 0.571. The average Bonchev–Trinajstić information content (AvgIpc) is 3.77. The number of furan rings is 2. The van der Waals surface area contributed by atoms with Crippen molar-refractivity contribution in [2.24, 2.45) is 0 Å². The van der Waals surface area contributed by atoms with E-state index < -0.39 is 0 Å². The van der Waals surface area contributed by atoms with Crippen molar-refractivity contribution in [1.82, 2.24) is 9.97 Å². The second kappa shape index (κ2) is 11.4. The molecule has 4 nitrogen and oxygen atoms in total. The average molecular weight is 641 g/mol. The number of hydrogen-bond acceptors (Lipinski definition) is 4. The fraction of sp³-hybridized carbons (Fsp3) is 0. The summed E-state index contributed by atoms with van der Waals surface area (Å²) in [6, 6.07) is 58.4. The predicted molar refractivity (Wildman–Crippen MR) is 204 cm³/mol. The van der Waals surface area contributed by atoms with Gasteiger partial charge in [-0.05, 0) is 52.6 Å². The molecule has 3 heterocycles. The molecule has 0 saturated carbocycles. The third-order valence-electron chi connectivity index (χ3n) is 9.51. The normalized spacial score (nSPS) is 11.6. The third-order valence-corrected chi connectivity index (χ3v) is 9.51. The Kier molecular flexibility index (Phi) is 6.46. The Morgan fingerprint density at radius 3 is 1.58 bits per heavy atom. The maximum Gasteiger partial charge on any atom is 0.164 e. The van der Waals surface area contributed by atoms with Gasteiger partial charge in [0.15, 0.2) is 5.82 Å². The van der Waals surface area contributed by atoms with Crippen LogP contribution in [0.3, 0.4) is 0 Å². The molecule has 0 aliphatic rings. The van der Waals surface area contributed by atoms with E-state index in [-0.39, 0.29) is 0 Å². The SMILES string of the molecule is c1ccc(-c2ccc(-c3cc(-c4cccc(-c5ccccc5)c4)nc(-c4cc5oc6ccccc6c5c5c4oc4ccccc45)n3)cc2)cc1. The summed E-state index contributed by atoms with van der Waals surface area (Å²) >= 11 is 0. The molecule has 0 aliphatic heterocycles. The van der Waals surface area contributed by atoms with Crippen LogP contribution in [0, 0.1) is 0 Å². The summed E-state index contributed by atoms with van der Waals surface area (Å²) in [6.45, 7) is 0. The van der Waals surface area contributed by atoms with Crippen LogP contribution in [0.1, 0.15) is 0 Å². The Bertz CT molecular complexity index is 2850. The van der Waals surface area contributed by atoms with Gasteiger partial charge in [0.2, 0.25) is 0 Å². The van der Waals surface area contributed by atoms with Gasteiger partial charge in [-0.3, -0.25) is 0 Å². The van der Waals surface area contributed by atoms with Gasteiger partial charge >= 0.3 is 0 Å². The zero-order chi connectivity index (χ0) is 33.0. The molecule has 0 unspecified atom stereocenters. The van der Waals surface area contributed by atoms with E-state index in [0.717, 1.165) is 88.6 Å². The van der Waals surface area contributed by atoms with Crippen LogP contribution in [-0.2, 0) is 0 Å². The van der Waals surface area contributed by atoms with Crippen LogP contribution < -0.4 is 0 Å². The summed E-state index contributed by atoms with van der Waals surface area (Å²) in [6.07, 6.45) is 0. The molecule has 0 aliphatic carbocycles. The van der Waals surface area contributed by atoms with Gasteiger partial charge in [-0.2, -0.15) is 0 Å². The molecule has 50 heavy (non-hydrogen) atoms. The zero-order valence-corrected chi connectivity index (χ0v) is 26.9. The van der Waals surface area contributed by atoms with Crippen LogP contribution in [0.4, 0.5) is 0 Å². The highest BCUT2D eigenvalue weighted by Gasteiger charge is 2.23.